The molecule has 24 heavy (non-hydrogen) atoms. The van der Waals surface area contributed by atoms with Gasteiger partial charge in [0, 0.05) is 23.4 Å². The van der Waals surface area contributed by atoms with Crippen molar-refractivity contribution in [1.29, 1.82) is 0 Å². The van der Waals surface area contributed by atoms with E-state index in [-0.39, 0.29) is 10.8 Å². The molecule has 0 bridgehead atoms. The van der Waals surface area contributed by atoms with Gasteiger partial charge in [-0.25, -0.2) is 8.42 Å². The lowest BCUT2D eigenvalue weighted by atomic mass is 10.1. The SMILES string of the molecule is Cc1ccc(CCC(=O)Nc2cc(S(C)(=O)=O)ccc2C)cc1Cl. The summed E-state index contributed by atoms with van der Waals surface area (Å²) in [6.45, 7) is 3.75. The van der Waals surface area contributed by atoms with E-state index >= 15 is 0 Å². The molecule has 128 valence electrons. The Balaban J connectivity index is 2.05. The molecule has 0 aliphatic heterocycles. The highest BCUT2D eigenvalue weighted by Gasteiger charge is 2.11. The van der Waals surface area contributed by atoms with Gasteiger partial charge in [0.1, 0.15) is 0 Å². The van der Waals surface area contributed by atoms with Crippen molar-refractivity contribution in [2.75, 3.05) is 11.6 Å². The van der Waals surface area contributed by atoms with Gasteiger partial charge in [-0.3, -0.25) is 4.79 Å². The van der Waals surface area contributed by atoms with Crippen LogP contribution in [0.15, 0.2) is 41.3 Å². The first-order valence-electron chi connectivity index (χ1n) is 7.52. The van der Waals surface area contributed by atoms with Crippen LogP contribution in [0.25, 0.3) is 0 Å². The zero-order valence-corrected chi connectivity index (χ0v) is 15.5. The van der Waals surface area contributed by atoms with Gasteiger partial charge in [0.15, 0.2) is 9.84 Å². The molecule has 0 aliphatic rings. The molecular formula is C18H20ClNO3S. The zero-order chi connectivity index (χ0) is 17.9. The van der Waals surface area contributed by atoms with Crippen molar-refractivity contribution in [2.45, 2.75) is 31.6 Å². The van der Waals surface area contributed by atoms with Gasteiger partial charge in [-0.15, -0.1) is 0 Å². The Hall–Kier alpha value is -1.85. The number of halogens is 1. The molecule has 0 unspecified atom stereocenters. The minimum absolute atomic E-state index is 0.166. The van der Waals surface area contributed by atoms with Gasteiger partial charge in [-0.2, -0.15) is 0 Å². The summed E-state index contributed by atoms with van der Waals surface area (Å²) in [4.78, 5) is 12.3. The number of hydrogen-bond acceptors (Lipinski definition) is 3. The van der Waals surface area contributed by atoms with E-state index in [4.69, 9.17) is 11.6 Å². The average Bonchev–Trinajstić information content (AvgIpc) is 2.49. The second-order valence-corrected chi connectivity index (χ2v) is 8.30. The smallest absolute Gasteiger partial charge is 0.224 e. The molecule has 1 N–H and O–H groups in total. The third-order valence-electron chi connectivity index (χ3n) is 3.79. The molecule has 6 heteroatoms. The van der Waals surface area contributed by atoms with Gasteiger partial charge in [0.25, 0.3) is 0 Å². The van der Waals surface area contributed by atoms with Crippen LogP contribution >= 0.6 is 11.6 Å². The van der Waals surface area contributed by atoms with Gasteiger partial charge in [0.2, 0.25) is 5.91 Å². The second-order valence-electron chi connectivity index (χ2n) is 5.88. The Kier molecular flexibility index (Phi) is 5.67. The maximum absolute atomic E-state index is 12.2. The Labute approximate surface area is 147 Å². The molecule has 0 aliphatic carbocycles. The van der Waals surface area contributed by atoms with Gasteiger partial charge in [0.05, 0.1) is 4.90 Å². The normalized spacial score (nSPS) is 11.3. The highest BCUT2D eigenvalue weighted by atomic mass is 35.5. The number of aryl methyl sites for hydroxylation is 3. The Morgan fingerprint density at radius 1 is 1.08 bits per heavy atom. The molecule has 0 radical (unpaired) electrons. The molecule has 1 amide bonds. The van der Waals surface area contributed by atoms with Crippen molar-refractivity contribution in [3.05, 3.63) is 58.1 Å². The number of nitrogens with one attached hydrogen (secondary N) is 1. The van der Waals surface area contributed by atoms with Crippen molar-refractivity contribution >= 4 is 33.0 Å². The van der Waals surface area contributed by atoms with Crippen LogP contribution in [0.2, 0.25) is 5.02 Å². The summed E-state index contributed by atoms with van der Waals surface area (Å²) in [5.74, 6) is -0.166. The van der Waals surface area contributed by atoms with Gasteiger partial charge in [-0.1, -0.05) is 29.8 Å². The summed E-state index contributed by atoms with van der Waals surface area (Å²) in [7, 11) is -3.31. The summed E-state index contributed by atoms with van der Waals surface area (Å²) < 4.78 is 23.3. The number of carbonyl (C=O) groups is 1. The van der Waals surface area contributed by atoms with Crippen LogP contribution < -0.4 is 5.32 Å². The third-order valence-corrected chi connectivity index (χ3v) is 5.31. The Bertz CT molecular complexity index is 876. The Morgan fingerprint density at radius 2 is 1.75 bits per heavy atom. The van der Waals surface area contributed by atoms with Crippen LogP contribution in [0, 0.1) is 13.8 Å². The van der Waals surface area contributed by atoms with E-state index in [0.717, 1.165) is 22.9 Å². The summed E-state index contributed by atoms with van der Waals surface area (Å²) in [6, 6.07) is 10.4. The molecule has 2 aromatic carbocycles. The van der Waals surface area contributed by atoms with E-state index in [2.05, 4.69) is 5.32 Å². The Morgan fingerprint density at radius 3 is 2.38 bits per heavy atom. The number of benzene rings is 2. The van der Waals surface area contributed by atoms with Crippen LogP contribution in [0.5, 0.6) is 0 Å². The van der Waals surface area contributed by atoms with E-state index in [1.54, 1.807) is 6.07 Å². The number of sulfone groups is 1. The zero-order valence-electron chi connectivity index (χ0n) is 13.9. The molecular weight excluding hydrogens is 346 g/mol. The number of amides is 1. The number of rotatable bonds is 5. The maximum Gasteiger partial charge on any atom is 0.224 e. The highest BCUT2D eigenvalue weighted by molar-refractivity contribution is 7.90. The number of anilines is 1. The van der Waals surface area contributed by atoms with Crippen LogP contribution in [-0.4, -0.2) is 20.6 Å². The van der Waals surface area contributed by atoms with Crippen LogP contribution in [0.4, 0.5) is 5.69 Å². The fraction of sp³-hybridized carbons (Fsp3) is 0.278. The van der Waals surface area contributed by atoms with Crippen molar-refractivity contribution in [1.82, 2.24) is 0 Å². The highest BCUT2D eigenvalue weighted by Crippen LogP contribution is 2.21. The predicted octanol–water partition coefficient (Wildman–Crippen LogP) is 3.93. The quantitative estimate of drug-likeness (QED) is 0.873. The molecule has 0 aromatic heterocycles. The van der Waals surface area contributed by atoms with Crippen molar-refractivity contribution in [3.8, 4) is 0 Å². The lowest BCUT2D eigenvalue weighted by molar-refractivity contribution is -0.116. The molecule has 0 spiro atoms. The topological polar surface area (TPSA) is 63.2 Å². The summed E-state index contributed by atoms with van der Waals surface area (Å²) in [6.07, 6.45) is 2.00. The van der Waals surface area contributed by atoms with Crippen LogP contribution in [0.3, 0.4) is 0 Å². The van der Waals surface area contributed by atoms with E-state index in [0.29, 0.717) is 23.6 Å². The van der Waals surface area contributed by atoms with E-state index in [9.17, 15) is 13.2 Å². The standard InChI is InChI=1S/C18H20ClNO3S/c1-12-4-6-14(10-16(12)19)7-9-18(21)20-17-11-15(24(3,22)23)8-5-13(17)2/h4-6,8,10-11H,7,9H2,1-3H3,(H,20,21). The monoisotopic (exact) mass is 365 g/mol. The van der Waals surface area contributed by atoms with Crippen LogP contribution in [-0.2, 0) is 21.1 Å². The molecule has 0 atom stereocenters. The summed E-state index contributed by atoms with van der Waals surface area (Å²) in [5.41, 5.74) is 3.32. The van der Waals surface area contributed by atoms with Crippen molar-refractivity contribution in [3.63, 3.8) is 0 Å². The fourth-order valence-electron chi connectivity index (χ4n) is 2.23. The number of carbonyl (C=O) groups excluding carboxylic acids is 1. The fourth-order valence-corrected chi connectivity index (χ4v) is 3.08. The van der Waals surface area contributed by atoms with Gasteiger partial charge < -0.3 is 5.32 Å². The summed E-state index contributed by atoms with van der Waals surface area (Å²) >= 11 is 6.08. The minimum Gasteiger partial charge on any atom is -0.326 e. The van der Waals surface area contributed by atoms with Crippen molar-refractivity contribution < 1.29 is 13.2 Å². The molecule has 0 saturated heterocycles. The van der Waals surface area contributed by atoms with E-state index in [1.165, 1.54) is 12.1 Å². The summed E-state index contributed by atoms with van der Waals surface area (Å²) in [5, 5.41) is 3.47. The lowest BCUT2D eigenvalue weighted by Gasteiger charge is -2.10. The molecule has 4 nitrogen and oxygen atoms in total. The first-order chi connectivity index (χ1) is 11.2. The van der Waals surface area contributed by atoms with Crippen LogP contribution in [0.1, 0.15) is 23.1 Å². The predicted molar refractivity (Wildman–Crippen MR) is 97.4 cm³/mol. The van der Waals surface area contributed by atoms with Gasteiger partial charge >= 0.3 is 0 Å². The maximum atomic E-state index is 12.2. The van der Waals surface area contributed by atoms with E-state index in [1.807, 2.05) is 32.0 Å². The third kappa shape index (κ3) is 4.82. The second kappa shape index (κ2) is 7.36. The van der Waals surface area contributed by atoms with E-state index < -0.39 is 9.84 Å². The van der Waals surface area contributed by atoms with Gasteiger partial charge in [-0.05, 0) is 55.2 Å². The largest absolute Gasteiger partial charge is 0.326 e. The number of hydrogen-bond donors (Lipinski definition) is 1. The molecule has 0 heterocycles. The average molecular weight is 366 g/mol. The minimum atomic E-state index is -3.31. The first kappa shape index (κ1) is 18.5. The molecule has 0 fully saturated rings. The molecule has 2 aromatic rings. The first-order valence-corrected chi connectivity index (χ1v) is 9.79. The van der Waals surface area contributed by atoms with Crippen molar-refractivity contribution in [2.24, 2.45) is 0 Å². The lowest BCUT2D eigenvalue weighted by Crippen LogP contribution is -2.14. The molecule has 0 saturated carbocycles. The molecule has 2 rings (SSSR count).